The first-order valence-electron chi connectivity index (χ1n) is 10.6. The molecule has 14 heteroatoms. The number of nitrogens with one attached hydrogen (secondary N) is 3. The van der Waals surface area contributed by atoms with Crippen molar-refractivity contribution in [3.8, 4) is 0 Å². The van der Waals surface area contributed by atoms with Gasteiger partial charge in [0.25, 0.3) is 0 Å². The fraction of sp³-hybridized carbons (Fsp3) is 0.273. The van der Waals surface area contributed by atoms with Crippen molar-refractivity contribution in [2.24, 2.45) is 0 Å². The number of nitrogens with zero attached hydrogens (tertiary/aromatic N) is 4. The van der Waals surface area contributed by atoms with Gasteiger partial charge in [-0.2, -0.15) is 18.2 Å². The van der Waals surface area contributed by atoms with Gasteiger partial charge in [0.1, 0.15) is 11.4 Å². The summed E-state index contributed by atoms with van der Waals surface area (Å²) >= 11 is 0. The van der Waals surface area contributed by atoms with Gasteiger partial charge in [-0.15, -0.1) is 0 Å². The molecule has 0 aliphatic carbocycles. The molecule has 0 spiro atoms. The minimum Gasteiger partial charge on any atom is -0.364 e. The summed E-state index contributed by atoms with van der Waals surface area (Å²) < 4.78 is 66.3. The quantitative estimate of drug-likeness (QED) is 0.431. The Labute approximate surface area is 205 Å². The van der Waals surface area contributed by atoms with Crippen molar-refractivity contribution in [2.75, 3.05) is 33.6 Å². The van der Waals surface area contributed by atoms with Crippen molar-refractivity contribution in [1.29, 1.82) is 0 Å². The number of hydrogen-bond donors (Lipinski definition) is 3. The molecule has 0 atom stereocenters. The Morgan fingerprint density at radius 1 is 1.19 bits per heavy atom. The Morgan fingerprint density at radius 3 is 2.64 bits per heavy atom. The number of anilines is 5. The number of aromatic nitrogens is 3. The first kappa shape index (κ1) is 25.2. The second-order valence-corrected chi connectivity index (χ2v) is 10.2. The van der Waals surface area contributed by atoms with E-state index >= 15 is 0 Å². The van der Waals surface area contributed by atoms with Gasteiger partial charge in [-0.3, -0.25) is 14.1 Å². The lowest BCUT2D eigenvalue weighted by Crippen LogP contribution is -2.27. The molecule has 1 aliphatic heterocycles. The van der Waals surface area contributed by atoms with Crippen molar-refractivity contribution >= 4 is 44.8 Å². The van der Waals surface area contributed by atoms with Gasteiger partial charge in [0, 0.05) is 19.4 Å². The molecule has 0 radical (unpaired) electrons. The van der Waals surface area contributed by atoms with Gasteiger partial charge in [0.15, 0.2) is 0 Å². The van der Waals surface area contributed by atoms with Crippen LogP contribution in [0.1, 0.15) is 22.4 Å². The summed E-state index contributed by atoms with van der Waals surface area (Å²) in [5.41, 5.74) is 1.63. The Balaban J connectivity index is 1.67. The highest BCUT2D eigenvalue weighted by atomic mass is 32.2. The van der Waals surface area contributed by atoms with Crippen LogP contribution in [0, 0.1) is 6.92 Å². The number of pyridine rings is 1. The Bertz CT molecular complexity index is 1450. The van der Waals surface area contributed by atoms with E-state index in [0.717, 1.165) is 16.1 Å². The molecule has 4 rings (SSSR count). The van der Waals surface area contributed by atoms with Crippen LogP contribution >= 0.6 is 0 Å². The third-order valence-corrected chi connectivity index (χ3v) is 6.72. The van der Waals surface area contributed by atoms with Gasteiger partial charge in [-0.1, -0.05) is 12.1 Å². The highest BCUT2D eigenvalue weighted by Crippen LogP contribution is 2.36. The van der Waals surface area contributed by atoms with Crippen LogP contribution in [0.4, 0.5) is 42.0 Å². The second-order valence-electron chi connectivity index (χ2n) is 8.15. The second kappa shape index (κ2) is 9.26. The van der Waals surface area contributed by atoms with Crippen LogP contribution in [0.5, 0.6) is 0 Å². The van der Waals surface area contributed by atoms with E-state index in [1.807, 2.05) is 0 Å². The van der Waals surface area contributed by atoms with Crippen LogP contribution in [0.25, 0.3) is 0 Å². The minimum absolute atomic E-state index is 0.134. The topological polar surface area (TPSA) is 129 Å². The third-order valence-electron chi connectivity index (χ3n) is 5.54. The molecule has 1 aliphatic rings. The zero-order valence-electron chi connectivity index (χ0n) is 19.4. The number of fused-ring (bicyclic) bond motifs is 1. The number of halogens is 3. The number of rotatable bonds is 7. The van der Waals surface area contributed by atoms with Crippen LogP contribution in [0.15, 0.2) is 36.7 Å². The molecule has 3 heterocycles. The average molecular weight is 522 g/mol. The van der Waals surface area contributed by atoms with Crippen LogP contribution in [-0.4, -0.2) is 42.6 Å². The third kappa shape index (κ3) is 5.17. The average Bonchev–Trinajstić information content (AvgIpc) is 3.17. The number of para-hydroxylation sites is 1. The lowest BCUT2D eigenvalue weighted by molar-refractivity contribution is -0.137. The lowest BCUT2D eigenvalue weighted by Gasteiger charge is -2.22. The van der Waals surface area contributed by atoms with Crippen LogP contribution < -0.4 is 20.3 Å². The van der Waals surface area contributed by atoms with Crippen molar-refractivity contribution in [3.63, 3.8) is 0 Å². The predicted molar refractivity (Wildman–Crippen MR) is 129 cm³/mol. The zero-order valence-corrected chi connectivity index (χ0v) is 20.3. The molecule has 0 fully saturated rings. The summed E-state index contributed by atoms with van der Waals surface area (Å²) in [7, 11) is -2.30. The van der Waals surface area contributed by atoms with E-state index in [-0.39, 0.29) is 36.2 Å². The number of benzene rings is 1. The van der Waals surface area contributed by atoms with Crippen molar-refractivity contribution in [2.45, 2.75) is 26.1 Å². The molecule has 1 aromatic carbocycles. The van der Waals surface area contributed by atoms with Crippen molar-refractivity contribution < 1.29 is 26.4 Å². The monoisotopic (exact) mass is 521 g/mol. The van der Waals surface area contributed by atoms with Gasteiger partial charge in [0.05, 0.1) is 42.0 Å². The van der Waals surface area contributed by atoms with E-state index in [2.05, 4.69) is 30.9 Å². The van der Waals surface area contributed by atoms with E-state index < -0.39 is 27.6 Å². The largest absolute Gasteiger partial charge is 0.421 e. The molecule has 0 unspecified atom stereocenters. The Hall–Kier alpha value is -3.94. The SMILES string of the molecule is Cc1ccnc(CNc2nc(Nc3cccc4c3NC(=O)C4)ncc2C(F)(F)F)c1N(C)S(C)(=O)=O. The van der Waals surface area contributed by atoms with Gasteiger partial charge in [-0.25, -0.2) is 13.4 Å². The van der Waals surface area contributed by atoms with Crippen LogP contribution in [0.2, 0.25) is 0 Å². The lowest BCUT2D eigenvalue weighted by atomic mass is 10.1. The van der Waals surface area contributed by atoms with Gasteiger partial charge in [-0.05, 0) is 30.2 Å². The maximum Gasteiger partial charge on any atom is 0.421 e. The Kier molecular flexibility index (Phi) is 6.47. The number of sulfonamides is 1. The maximum absolute atomic E-state index is 13.7. The predicted octanol–water partition coefficient (Wildman–Crippen LogP) is 3.44. The highest BCUT2D eigenvalue weighted by molar-refractivity contribution is 7.92. The van der Waals surface area contributed by atoms with Gasteiger partial charge in [0.2, 0.25) is 21.9 Å². The van der Waals surface area contributed by atoms with E-state index in [9.17, 15) is 26.4 Å². The number of amides is 1. The standard InChI is InChI=1S/C22H22F3N7O3S/c1-12-7-8-26-16(19(12)32(2)36(3,34)35)11-27-20-14(22(23,24)25)10-28-21(31-20)29-15-6-4-5-13-9-17(33)30-18(13)15/h4-8,10H,9,11H2,1-3H3,(H,30,33)(H2,27,28,29,31). The number of aryl methyl sites for hydroxylation is 1. The van der Waals surface area contributed by atoms with Crippen molar-refractivity contribution in [3.05, 3.63) is 59.0 Å². The summed E-state index contributed by atoms with van der Waals surface area (Å²) in [4.78, 5) is 23.7. The molecule has 1 amide bonds. The first-order valence-corrected chi connectivity index (χ1v) is 12.4. The van der Waals surface area contributed by atoms with Crippen molar-refractivity contribution in [1.82, 2.24) is 15.0 Å². The molecule has 10 nitrogen and oxygen atoms in total. The molecule has 3 N–H and O–H groups in total. The molecular weight excluding hydrogens is 499 g/mol. The zero-order chi connectivity index (χ0) is 26.3. The number of carbonyl (C=O) groups excluding carboxylic acids is 1. The number of hydrogen-bond acceptors (Lipinski definition) is 8. The number of carbonyl (C=O) groups is 1. The van der Waals surface area contributed by atoms with E-state index in [4.69, 9.17) is 0 Å². The van der Waals surface area contributed by atoms with E-state index in [0.29, 0.717) is 23.1 Å². The van der Waals surface area contributed by atoms with E-state index in [1.165, 1.54) is 13.2 Å². The summed E-state index contributed by atoms with van der Waals surface area (Å²) in [6.07, 6.45) is -1.46. The van der Waals surface area contributed by atoms with Crippen LogP contribution in [-0.2, 0) is 34.0 Å². The molecule has 3 aromatic rings. The smallest absolute Gasteiger partial charge is 0.364 e. The summed E-state index contributed by atoms with van der Waals surface area (Å²) in [6, 6.07) is 6.71. The van der Waals surface area contributed by atoms with Crippen LogP contribution in [0.3, 0.4) is 0 Å². The summed E-state index contributed by atoms with van der Waals surface area (Å²) in [5.74, 6) is -0.853. The molecular formula is C22H22F3N7O3S. The maximum atomic E-state index is 13.7. The molecule has 0 saturated heterocycles. The number of alkyl halides is 3. The van der Waals surface area contributed by atoms with Gasteiger partial charge < -0.3 is 16.0 Å². The van der Waals surface area contributed by atoms with E-state index in [1.54, 1.807) is 31.2 Å². The highest BCUT2D eigenvalue weighted by Gasteiger charge is 2.35. The molecule has 0 bridgehead atoms. The molecule has 190 valence electrons. The normalized spacial score (nSPS) is 13.2. The summed E-state index contributed by atoms with van der Waals surface area (Å²) in [6.45, 7) is 1.43. The Morgan fingerprint density at radius 2 is 1.94 bits per heavy atom. The molecule has 36 heavy (non-hydrogen) atoms. The fourth-order valence-corrected chi connectivity index (χ4v) is 4.34. The first-order chi connectivity index (χ1) is 16.8. The fourth-order valence-electron chi connectivity index (χ4n) is 3.76. The summed E-state index contributed by atoms with van der Waals surface area (Å²) in [5, 5.41) is 8.19. The van der Waals surface area contributed by atoms with Gasteiger partial charge >= 0.3 is 6.18 Å². The molecule has 2 aromatic heterocycles. The minimum atomic E-state index is -4.75. The molecule has 0 saturated carbocycles.